The van der Waals surface area contributed by atoms with Gasteiger partial charge in [-0.3, -0.25) is 9.78 Å². The van der Waals surface area contributed by atoms with Crippen molar-refractivity contribution in [3.05, 3.63) is 82.3 Å². The number of nitrogens with zero attached hydrogens (tertiary/aromatic N) is 2. The second kappa shape index (κ2) is 8.82. The van der Waals surface area contributed by atoms with Crippen molar-refractivity contribution in [2.75, 3.05) is 13.4 Å². The van der Waals surface area contributed by atoms with Gasteiger partial charge in [-0.15, -0.1) is 0 Å². The molecule has 3 heterocycles. The topological polar surface area (TPSA) is 79.7 Å². The van der Waals surface area contributed by atoms with E-state index in [0.29, 0.717) is 22.6 Å². The molecule has 36 heavy (non-hydrogen) atoms. The summed E-state index contributed by atoms with van der Waals surface area (Å²) in [6.45, 7) is 3.71. The molecule has 0 amide bonds. The van der Waals surface area contributed by atoms with Crippen molar-refractivity contribution < 1.29 is 23.8 Å². The fraction of sp³-hybridized carbons (Fsp3) is 0.276. The quantitative estimate of drug-likeness (QED) is 0.284. The fourth-order valence-corrected chi connectivity index (χ4v) is 5.35. The van der Waals surface area contributed by atoms with Gasteiger partial charge in [0.2, 0.25) is 12.6 Å². The number of Topliss-reactive ketones (excluding diaryl/α,β-unsaturated/α-hetero) is 1. The molecule has 0 spiro atoms. The Morgan fingerprint density at radius 1 is 1.00 bits per heavy atom. The summed E-state index contributed by atoms with van der Waals surface area (Å²) in [4.78, 5) is 31.3. The van der Waals surface area contributed by atoms with E-state index in [1.807, 2.05) is 66.9 Å². The van der Waals surface area contributed by atoms with Crippen LogP contribution >= 0.6 is 0 Å². The first-order valence-electron chi connectivity index (χ1n) is 12.2. The van der Waals surface area contributed by atoms with Gasteiger partial charge in [0, 0.05) is 39.8 Å². The second-order valence-electron chi connectivity index (χ2n) is 9.29. The van der Waals surface area contributed by atoms with Crippen LogP contribution < -0.4 is 9.47 Å². The predicted octanol–water partition coefficient (Wildman–Crippen LogP) is 5.29. The molecule has 0 fully saturated rings. The van der Waals surface area contributed by atoms with Gasteiger partial charge in [-0.25, -0.2) is 4.79 Å². The lowest BCUT2D eigenvalue weighted by Gasteiger charge is -2.19. The minimum Gasteiger partial charge on any atom is -0.454 e. The van der Waals surface area contributed by atoms with Gasteiger partial charge >= 0.3 is 5.97 Å². The van der Waals surface area contributed by atoms with E-state index >= 15 is 0 Å². The van der Waals surface area contributed by atoms with E-state index in [9.17, 15) is 9.59 Å². The Labute approximate surface area is 208 Å². The van der Waals surface area contributed by atoms with Crippen molar-refractivity contribution >= 4 is 22.7 Å². The number of benzene rings is 2. The SMILES string of the molecule is Cc1cc(C(=O)COC(=O)c2c3c(nc4ccccc24)CCCC3)c(C)n1-c1ccc2c(c1)OCO2. The molecular formula is C29H26N2O5. The summed E-state index contributed by atoms with van der Waals surface area (Å²) in [6.07, 6.45) is 3.72. The number of aromatic nitrogens is 2. The highest BCUT2D eigenvalue weighted by atomic mass is 16.7. The minimum atomic E-state index is -0.468. The van der Waals surface area contributed by atoms with Gasteiger partial charge in [-0.05, 0) is 69.4 Å². The lowest BCUT2D eigenvalue weighted by molar-refractivity contribution is 0.0475. The van der Waals surface area contributed by atoms with E-state index in [2.05, 4.69) is 0 Å². The summed E-state index contributed by atoms with van der Waals surface area (Å²) in [5.74, 6) is 0.672. The first-order valence-corrected chi connectivity index (χ1v) is 12.2. The van der Waals surface area contributed by atoms with Crippen LogP contribution in [0.25, 0.3) is 16.6 Å². The average molecular weight is 483 g/mol. The van der Waals surface area contributed by atoms with Crippen LogP contribution in [0.2, 0.25) is 0 Å². The molecule has 2 aromatic carbocycles. The van der Waals surface area contributed by atoms with Gasteiger partial charge in [0.05, 0.1) is 11.1 Å². The number of ketones is 1. The molecule has 182 valence electrons. The summed E-state index contributed by atoms with van der Waals surface area (Å²) >= 11 is 0. The maximum Gasteiger partial charge on any atom is 0.339 e. The molecule has 0 bridgehead atoms. The number of carbonyl (C=O) groups is 2. The number of carbonyl (C=O) groups excluding carboxylic acids is 2. The molecule has 4 aromatic rings. The van der Waals surface area contributed by atoms with Gasteiger partial charge < -0.3 is 18.8 Å². The second-order valence-corrected chi connectivity index (χ2v) is 9.29. The molecule has 2 aromatic heterocycles. The number of rotatable bonds is 5. The summed E-state index contributed by atoms with van der Waals surface area (Å²) < 4.78 is 18.5. The van der Waals surface area contributed by atoms with Crippen LogP contribution in [-0.2, 0) is 17.6 Å². The van der Waals surface area contributed by atoms with E-state index in [4.69, 9.17) is 19.2 Å². The zero-order chi connectivity index (χ0) is 24.8. The number of ether oxygens (including phenoxy) is 3. The number of fused-ring (bicyclic) bond motifs is 3. The predicted molar refractivity (Wildman–Crippen MR) is 134 cm³/mol. The highest BCUT2D eigenvalue weighted by Crippen LogP contribution is 2.35. The third-order valence-electron chi connectivity index (χ3n) is 7.05. The highest BCUT2D eigenvalue weighted by molar-refractivity contribution is 6.06. The number of hydrogen-bond donors (Lipinski definition) is 0. The van der Waals surface area contributed by atoms with Gasteiger partial charge in [-0.1, -0.05) is 18.2 Å². The molecule has 6 rings (SSSR count). The monoisotopic (exact) mass is 482 g/mol. The van der Waals surface area contributed by atoms with Crippen LogP contribution in [0.1, 0.15) is 56.2 Å². The largest absolute Gasteiger partial charge is 0.454 e. The molecule has 0 unspecified atom stereocenters. The lowest BCUT2D eigenvalue weighted by Crippen LogP contribution is -2.19. The van der Waals surface area contributed by atoms with Crippen molar-refractivity contribution in [3.63, 3.8) is 0 Å². The van der Waals surface area contributed by atoms with E-state index in [1.165, 1.54) is 0 Å². The molecule has 0 radical (unpaired) electrons. The lowest BCUT2D eigenvalue weighted by atomic mass is 9.90. The van der Waals surface area contributed by atoms with Gasteiger partial charge in [0.1, 0.15) is 0 Å². The van der Waals surface area contributed by atoms with E-state index < -0.39 is 5.97 Å². The van der Waals surface area contributed by atoms with Crippen LogP contribution in [0.15, 0.2) is 48.5 Å². The third kappa shape index (κ3) is 3.71. The number of aryl methyl sites for hydroxylation is 2. The van der Waals surface area contributed by atoms with Crippen molar-refractivity contribution in [3.8, 4) is 17.2 Å². The van der Waals surface area contributed by atoms with Crippen LogP contribution in [-0.4, -0.2) is 34.7 Å². The molecule has 0 atom stereocenters. The van der Waals surface area contributed by atoms with E-state index in [0.717, 1.165) is 64.9 Å². The maximum absolute atomic E-state index is 13.3. The first-order chi connectivity index (χ1) is 17.5. The van der Waals surface area contributed by atoms with Crippen molar-refractivity contribution in [2.24, 2.45) is 0 Å². The average Bonchev–Trinajstić information content (AvgIpc) is 3.48. The molecule has 0 saturated heterocycles. The molecule has 0 N–H and O–H groups in total. The molecule has 7 nitrogen and oxygen atoms in total. The Morgan fingerprint density at radius 2 is 1.81 bits per heavy atom. The zero-order valence-electron chi connectivity index (χ0n) is 20.3. The molecule has 0 saturated carbocycles. The number of pyridine rings is 1. The van der Waals surface area contributed by atoms with E-state index in [-0.39, 0.29) is 19.2 Å². The van der Waals surface area contributed by atoms with Gasteiger partial charge in [-0.2, -0.15) is 0 Å². The maximum atomic E-state index is 13.3. The Hall–Kier alpha value is -4.13. The number of hydrogen-bond acceptors (Lipinski definition) is 6. The standard InChI is InChI=1S/C29H26N2O5/c1-17-13-22(18(2)31(17)19-11-12-26-27(14-19)36-16-35-26)25(32)15-34-29(33)28-20-7-3-5-9-23(20)30-24-10-6-4-8-21(24)28/h3,5,7,9,11-14H,4,6,8,10,15-16H2,1-2H3. The van der Waals surface area contributed by atoms with Crippen LogP contribution in [0, 0.1) is 13.8 Å². The Balaban J connectivity index is 1.26. The smallest absolute Gasteiger partial charge is 0.339 e. The van der Waals surface area contributed by atoms with Gasteiger partial charge in [0.25, 0.3) is 0 Å². The first kappa shape index (κ1) is 22.3. The normalized spacial score (nSPS) is 14.1. The van der Waals surface area contributed by atoms with Crippen molar-refractivity contribution in [1.82, 2.24) is 9.55 Å². The van der Waals surface area contributed by atoms with Gasteiger partial charge in [0.15, 0.2) is 18.1 Å². The van der Waals surface area contributed by atoms with Crippen molar-refractivity contribution in [1.29, 1.82) is 0 Å². The highest BCUT2D eigenvalue weighted by Gasteiger charge is 2.25. The van der Waals surface area contributed by atoms with Crippen LogP contribution in [0.3, 0.4) is 0 Å². The number of esters is 1. The van der Waals surface area contributed by atoms with Crippen LogP contribution in [0.4, 0.5) is 0 Å². The molecule has 1 aliphatic carbocycles. The summed E-state index contributed by atoms with van der Waals surface area (Å²) in [6, 6.07) is 15.1. The molecule has 2 aliphatic rings. The fourth-order valence-electron chi connectivity index (χ4n) is 5.35. The summed E-state index contributed by atoms with van der Waals surface area (Å²) in [7, 11) is 0. The minimum absolute atomic E-state index is 0.202. The summed E-state index contributed by atoms with van der Waals surface area (Å²) in [5, 5.41) is 0.775. The Morgan fingerprint density at radius 3 is 2.69 bits per heavy atom. The molecular weight excluding hydrogens is 456 g/mol. The number of para-hydroxylation sites is 1. The zero-order valence-corrected chi connectivity index (χ0v) is 20.3. The van der Waals surface area contributed by atoms with E-state index in [1.54, 1.807) is 0 Å². The molecule has 1 aliphatic heterocycles. The Kier molecular flexibility index (Phi) is 5.48. The summed E-state index contributed by atoms with van der Waals surface area (Å²) in [5.41, 5.74) is 6.33. The third-order valence-corrected chi connectivity index (χ3v) is 7.05. The molecule has 7 heteroatoms. The Bertz CT molecular complexity index is 1530. The van der Waals surface area contributed by atoms with Crippen molar-refractivity contribution in [2.45, 2.75) is 39.5 Å². The van der Waals surface area contributed by atoms with Crippen LogP contribution in [0.5, 0.6) is 11.5 Å².